The number of methoxy groups -OCH3 is 1. The van der Waals surface area contributed by atoms with E-state index in [0.717, 1.165) is 27.1 Å². The molecule has 0 N–H and O–H groups in total. The lowest BCUT2D eigenvalue weighted by Crippen LogP contribution is -1.87. The van der Waals surface area contributed by atoms with E-state index in [-0.39, 0.29) is 0 Å². The molecule has 0 saturated heterocycles. The molecule has 0 spiro atoms. The van der Waals surface area contributed by atoms with E-state index in [1.165, 1.54) is 0 Å². The van der Waals surface area contributed by atoms with Crippen molar-refractivity contribution in [1.82, 2.24) is 0 Å². The average Bonchev–Trinajstić information content (AvgIpc) is 2.88. The van der Waals surface area contributed by atoms with Crippen molar-refractivity contribution in [2.45, 2.75) is 6.92 Å². The van der Waals surface area contributed by atoms with Gasteiger partial charge in [0.2, 0.25) is 0 Å². The molecule has 3 aromatic rings. The van der Waals surface area contributed by atoms with Gasteiger partial charge in [0.25, 0.3) is 0 Å². The molecule has 2 aromatic carbocycles. The predicted octanol–water partition coefficient (Wildman–Crippen LogP) is 4.88. The maximum Gasteiger partial charge on any atom is 0.145 e. The van der Waals surface area contributed by atoms with Gasteiger partial charge in [-0.1, -0.05) is 6.07 Å². The highest BCUT2D eigenvalue weighted by Crippen LogP contribution is 2.38. The third-order valence-electron chi connectivity index (χ3n) is 3.25. The molecule has 3 rings (SSSR count). The molecule has 0 saturated carbocycles. The fourth-order valence-electron chi connectivity index (χ4n) is 2.20. The van der Waals surface area contributed by atoms with Crippen LogP contribution in [0, 0.1) is 18.3 Å². The predicted molar refractivity (Wildman–Crippen MR) is 84.3 cm³/mol. The molecule has 0 unspecified atom stereocenters. The van der Waals surface area contributed by atoms with Crippen molar-refractivity contribution in [3.8, 4) is 23.3 Å². The van der Waals surface area contributed by atoms with Crippen molar-refractivity contribution >= 4 is 21.4 Å². The second kappa shape index (κ2) is 5.47. The molecule has 0 aliphatic carbocycles. The summed E-state index contributed by atoms with van der Waals surface area (Å²) in [4.78, 5) is 0. The van der Waals surface area contributed by atoms with Gasteiger partial charge in [-0.2, -0.15) is 5.26 Å². The third kappa shape index (κ3) is 2.56. The summed E-state index contributed by atoms with van der Waals surface area (Å²) in [6.07, 6.45) is 0. The second-order valence-corrected chi connectivity index (χ2v) is 5.57. The Kier molecular flexibility index (Phi) is 3.51. The minimum Gasteiger partial charge on any atom is -0.496 e. The van der Waals surface area contributed by atoms with E-state index >= 15 is 0 Å². The van der Waals surface area contributed by atoms with Crippen molar-refractivity contribution < 1.29 is 9.47 Å². The molecule has 1 aromatic heterocycles. The van der Waals surface area contributed by atoms with Crippen LogP contribution in [0.3, 0.4) is 0 Å². The van der Waals surface area contributed by atoms with Crippen LogP contribution in [0.2, 0.25) is 0 Å². The molecule has 4 heteroatoms. The molecule has 0 bridgehead atoms. The standard InChI is InChI=1S/C17H13NO2S/c1-11-6-14-16(10-21-17(14)8-15(11)19-2)20-13-5-3-4-12(7-13)9-18/h3-8,10H,1-2H3. The fourth-order valence-corrected chi connectivity index (χ4v) is 3.07. The highest BCUT2D eigenvalue weighted by Gasteiger charge is 2.10. The number of thiophene rings is 1. The van der Waals surface area contributed by atoms with Crippen LogP contribution in [-0.4, -0.2) is 7.11 Å². The first-order valence-electron chi connectivity index (χ1n) is 6.45. The lowest BCUT2D eigenvalue weighted by molar-refractivity contribution is 0.412. The van der Waals surface area contributed by atoms with Crippen molar-refractivity contribution in [2.24, 2.45) is 0 Å². The van der Waals surface area contributed by atoms with E-state index in [1.54, 1.807) is 30.6 Å². The molecular weight excluding hydrogens is 282 g/mol. The number of nitriles is 1. The zero-order chi connectivity index (χ0) is 14.8. The molecule has 21 heavy (non-hydrogen) atoms. The molecule has 1 heterocycles. The Hall–Kier alpha value is -2.51. The normalized spacial score (nSPS) is 10.3. The van der Waals surface area contributed by atoms with Crippen molar-refractivity contribution in [3.63, 3.8) is 0 Å². The van der Waals surface area contributed by atoms with Gasteiger partial charge >= 0.3 is 0 Å². The quantitative estimate of drug-likeness (QED) is 0.691. The summed E-state index contributed by atoms with van der Waals surface area (Å²) in [5.74, 6) is 2.35. The Morgan fingerprint density at radius 3 is 2.76 bits per heavy atom. The minimum absolute atomic E-state index is 0.588. The minimum atomic E-state index is 0.588. The van der Waals surface area contributed by atoms with Gasteiger partial charge in [0.05, 0.1) is 18.7 Å². The summed E-state index contributed by atoms with van der Waals surface area (Å²) in [5.41, 5.74) is 1.66. The van der Waals surface area contributed by atoms with Crippen LogP contribution in [0.4, 0.5) is 0 Å². The van der Waals surface area contributed by atoms with Crippen LogP contribution in [0.1, 0.15) is 11.1 Å². The van der Waals surface area contributed by atoms with Crippen LogP contribution < -0.4 is 9.47 Å². The topological polar surface area (TPSA) is 42.2 Å². The maximum atomic E-state index is 8.94. The molecule has 0 atom stereocenters. The van der Waals surface area contributed by atoms with Gasteiger partial charge < -0.3 is 9.47 Å². The summed E-state index contributed by atoms with van der Waals surface area (Å²) in [6.45, 7) is 2.01. The highest BCUT2D eigenvalue weighted by molar-refractivity contribution is 7.17. The third-order valence-corrected chi connectivity index (χ3v) is 4.17. The number of hydrogen-bond donors (Lipinski definition) is 0. The van der Waals surface area contributed by atoms with Gasteiger partial charge in [-0.15, -0.1) is 11.3 Å². The first kappa shape index (κ1) is 13.5. The number of ether oxygens (including phenoxy) is 2. The van der Waals surface area contributed by atoms with E-state index < -0.39 is 0 Å². The molecule has 0 aliphatic heterocycles. The van der Waals surface area contributed by atoms with E-state index in [9.17, 15) is 0 Å². The lowest BCUT2D eigenvalue weighted by atomic mass is 10.1. The smallest absolute Gasteiger partial charge is 0.145 e. The van der Waals surface area contributed by atoms with E-state index in [0.29, 0.717) is 11.3 Å². The van der Waals surface area contributed by atoms with E-state index in [4.69, 9.17) is 14.7 Å². The molecule has 0 amide bonds. The second-order valence-electron chi connectivity index (χ2n) is 4.66. The molecule has 3 nitrogen and oxygen atoms in total. The number of aryl methyl sites for hydroxylation is 1. The molecule has 104 valence electrons. The Morgan fingerprint density at radius 2 is 2.00 bits per heavy atom. The van der Waals surface area contributed by atoms with Gasteiger partial charge in [-0.3, -0.25) is 0 Å². The van der Waals surface area contributed by atoms with Crippen molar-refractivity contribution in [1.29, 1.82) is 5.26 Å². The zero-order valence-electron chi connectivity index (χ0n) is 11.7. The van der Waals surface area contributed by atoms with Crippen LogP contribution >= 0.6 is 11.3 Å². The van der Waals surface area contributed by atoms with Gasteiger partial charge in [-0.25, -0.2) is 0 Å². The number of benzene rings is 2. The molecular formula is C17H13NO2S. The Morgan fingerprint density at radius 1 is 1.14 bits per heavy atom. The van der Waals surface area contributed by atoms with Gasteiger partial charge in [-0.05, 0) is 42.8 Å². The molecule has 0 radical (unpaired) electrons. The SMILES string of the molecule is COc1cc2scc(Oc3cccc(C#N)c3)c2cc1C. The summed E-state index contributed by atoms with van der Waals surface area (Å²) in [5, 5.41) is 12.0. The zero-order valence-corrected chi connectivity index (χ0v) is 12.5. The Bertz CT molecular complexity index is 846. The monoisotopic (exact) mass is 295 g/mol. The summed E-state index contributed by atoms with van der Waals surface area (Å²) in [6, 6.07) is 13.4. The number of rotatable bonds is 3. The van der Waals surface area contributed by atoms with Crippen molar-refractivity contribution in [2.75, 3.05) is 7.11 Å². The van der Waals surface area contributed by atoms with Gasteiger partial charge in [0.15, 0.2) is 0 Å². The van der Waals surface area contributed by atoms with Gasteiger partial charge in [0.1, 0.15) is 17.2 Å². The first-order chi connectivity index (χ1) is 10.2. The summed E-state index contributed by atoms with van der Waals surface area (Å²) >= 11 is 1.61. The van der Waals surface area contributed by atoms with Gasteiger partial charge in [0, 0.05) is 15.5 Å². The highest BCUT2D eigenvalue weighted by atomic mass is 32.1. The van der Waals surface area contributed by atoms with Crippen LogP contribution in [0.25, 0.3) is 10.1 Å². The van der Waals surface area contributed by atoms with Crippen LogP contribution in [0.15, 0.2) is 41.8 Å². The summed E-state index contributed by atoms with van der Waals surface area (Å²) in [7, 11) is 1.67. The fraction of sp³-hybridized carbons (Fsp3) is 0.118. The number of hydrogen-bond acceptors (Lipinski definition) is 4. The number of fused-ring (bicyclic) bond motifs is 1. The average molecular weight is 295 g/mol. The first-order valence-corrected chi connectivity index (χ1v) is 7.33. The lowest BCUT2D eigenvalue weighted by Gasteiger charge is -2.07. The molecule has 0 aliphatic rings. The van der Waals surface area contributed by atoms with E-state index in [2.05, 4.69) is 12.1 Å². The molecule has 0 fully saturated rings. The number of nitrogens with zero attached hydrogens (tertiary/aromatic N) is 1. The summed E-state index contributed by atoms with van der Waals surface area (Å²) < 4.78 is 12.4. The maximum absolute atomic E-state index is 8.94. The van der Waals surface area contributed by atoms with E-state index in [1.807, 2.05) is 30.5 Å². The largest absolute Gasteiger partial charge is 0.496 e. The van der Waals surface area contributed by atoms with Crippen molar-refractivity contribution in [3.05, 3.63) is 52.9 Å². The van der Waals surface area contributed by atoms with Crippen LogP contribution in [-0.2, 0) is 0 Å². The van der Waals surface area contributed by atoms with Crippen LogP contribution in [0.5, 0.6) is 17.2 Å². The Labute approximate surface area is 127 Å². The Balaban J connectivity index is 2.01.